The molecule has 0 amide bonds. The number of nitrogens with one attached hydrogen (secondary N) is 1. The van der Waals surface area contributed by atoms with Crippen LogP contribution in [0.2, 0.25) is 0 Å². The van der Waals surface area contributed by atoms with Crippen LogP contribution in [-0.2, 0) is 9.47 Å². The molecule has 0 saturated carbocycles. The molecule has 30 heavy (non-hydrogen) atoms. The molecule has 2 atom stereocenters. The maximum atomic E-state index is 6.15. The van der Waals surface area contributed by atoms with Crippen LogP contribution in [0.25, 0.3) is 0 Å². The van der Waals surface area contributed by atoms with Crippen LogP contribution in [0, 0.1) is 6.92 Å². The lowest BCUT2D eigenvalue weighted by atomic mass is 9.96. The van der Waals surface area contributed by atoms with Crippen LogP contribution in [0.1, 0.15) is 30.6 Å². The maximum absolute atomic E-state index is 6.15. The third-order valence-electron chi connectivity index (χ3n) is 6.52. The van der Waals surface area contributed by atoms with Crippen LogP contribution < -0.4 is 5.32 Å². The highest BCUT2D eigenvalue weighted by atomic mass is 32.2. The summed E-state index contributed by atoms with van der Waals surface area (Å²) in [4.78, 5) is 10.2. The van der Waals surface area contributed by atoms with Crippen LogP contribution in [0.3, 0.4) is 0 Å². The lowest BCUT2D eigenvalue weighted by Crippen LogP contribution is -2.56. The van der Waals surface area contributed by atoms with Crippen molar-refractivity contribution in [2.75, 3.05) is 70.6 Å². The van der Waals surface area contributed by atoms with Gasteiger partial charge >= 0.3 is 0 Å². The van der Waals surface area contributed by atoms with Gasteiger partial charge in [0.25, 0.3) is 0 Å². The van der Waals surface area contributed by atoms with Crippen molar-refractivity contribution in [2.45, 2.75) is 31.9 Å². The van der Waals surface area contributed by atoms with E-state index in [1.807, 2.05) is 0 Å². The van der Waals surface area contributed by atoms with E-state index in [1.54, 1.807) is 0 Å². The number of ether oxygens (including phenoxy) is 2. The fourth-order valence-corrected chi connectivity index (χ4v) is 6.20. The van der Waals surface area contributed by atoms with Crippen molar-refractivity contribution in [3.8, 4) is 0 Å². The van der Waals surface area contributed by atoms with Gasteiger partial charge in [0.1, 0.15) is 6.10 Å². The summed E-state index contributed by atoms with van der Waals surface area (Å²) in [6.07, 6.45) is 1.31. The molecule has 3 fully saturated rings. The first kappa shape index (κ1) is 21.9. The van der Waals surface area contributed by atoms with Crippen LogP contribution in [0.5, 0.6) is 0 Å². The standard InChI is InChI=1S/C23H36N4O2S/c1-3-24-22(25-17-23(8-15-30-18-23)27-10-12-28-13-11-27)26-9-14-29-21(16-26)20-7-5-4-6-19(20)2/h4-7,21H,3,8-18H2,1-2H3,(H,24,25). The Balaban J connectivity index is 1.49. The fraction of sp³-hybridized carbons (Fsp3) is 0.696. The number of morpholine rings is 2. The van der Waals surface area contributed by atoms with Crippen molar-refractivity contribution in [3.63, 3.8) is 0 Å². The summed E-state index contributed by atoms with van der Waals surface area (Å²) in [6, 6.07) is 8.56. The maximum Gasteiger partial charge on any atom is 0.194 e. The zero-order valence-corrected chi connectivity index (χ0v) is 19.3. The minimum atomic E-state index is 0.0963. The van der Waals surface area contributed by atoms with Crippen molar-refractivity contribution in [2.24, 2.45) is 4.99 Å². The van der Waals surface area contributed by atoms with Gasteiger partial charge in [0.05, 0.1) is 38.4 Å². The molecular weight excluding hydrogens is 396 g/mol. The zero-order chi connectivity index (χ0) is 20.8. The van der Waals surface area contributed by atoms with E-state index in [1.165, 1.54) is 29.1 Å². The van der Waals surface area contributed by atoms with Gasteiger partial charge in [-0.25, -0.2) is 0 Å². The van der Waals surface area contributed by atoms with Gasteiger partial charge in [0, 0.05) is 31.9 Å². The second kappa shape index (κ2) is 10.4. The van der Waals surface area contributed by atoms with Gasteiger partial charge in [0.15, 0.2) is 5.96 Å². The Hall–Kier alpha value is -1.28. The SMILES string of the molecule is CCNC(=NCC1(N2CCOCC2)CCSC1)N1CCOC(c2ccccc2C)C1. The second-order valence-corrected chi connectivity index (χ2v) is 9.56. The third-order valence-corrected chi connectivity index (χ3v) is 7.76. The van der Waals surface area contributed by atoms with Crippen LogP contribution >= 0.6 is 11.8 Å². The van der Waals surface area contributed by atoms with E-state index < -0.39 is 0 Å². The summed E-state index contributed by atoms with van der Waals surface area (Å²) in [7, 11) is 0. The summed E-state index contributed by atoms with van der Waals surface area (Å²) in [6.45, 7) is 12.3. The molecule has 7 heteroatoms. The molecule has 166 valence electrons. The molecule has 3 saturated heterocycles. The lowest BCUT2D eigenvalue weighted by molar-refractivity contribution is -0.0124. The molecule has 3 aliphatic heterocycles. The quantitative estimate of drug-likeness (QED) is 0.570. The van der Waals surface area contributed by atoms with E-state index in [0.29, 0.717) is 0 Å². The molecular formula is C23H36N4O2S. The van der Waals surface area contributed by atoms with Gasteiger partial charge in [-0.05, 0) is 37.1 Å². The highest BCUT2D eigenvalue weighted by molar-refractivity contribution is 7.99. The Bertz CT molecular complexity index is 717. The smallest absolute Gasteiger partial charge is 0.194 e. The van der Waals surface area contributed by atoms with E-state index in [-0.39, 0.29) is 11.6 Å². The predicted molar refractivity (Wildman–Crippen MR) is 124 cm³/mol. The molecule has 2 unspecified atom stereocenters. The van der Waals surface area contributed by atoms with E-state index in [0.717, 1.165) is 65.0 Å². The Labute approximate surface area is 185 Å². The van der Waals surface area contributed by atoms with Gasteiger partial charge in [0.2, 0.25) is 0 Å². The highest BCUT2D eigenvalue weighted by Crippen LogP contribution is 2.34. The van der Waals surface area contributed by atoms with Gasteiger partial charge in [-0.3, -0.25) is 9.89 Å². The average Bonchev–Trinajstić information content (AvgIpc) is 3.28. The zero-order valence-electron chi connectivity index (χ0n) is 18.4. The molecule has 3 heterocycles. The van der Waals surface area contributed by atoms with E-state index in [2.05, 4.69) is 65.0 Å². The van der Waals surface area contributed by atoms with Crippen molar-refractivity contribution in [1.29, 1.82) is 0 Å². The molecule has 1 N–H and O–H groups in total. The minimum Gasteiger partial charge on any atom is -0.379 e. The minimum absolute atomic E-state index is 0.0963. The number of guanidine groups is 1. The molecule has 1 aromatic carbocycles. The number of nitrogens with zero attached hydrogens (tertiary/aromatic N) is 3. The molecule has 0 aromatic heterocycles. The van der Waals surface area contributed by atoms with Gasteiger partial charge in [-0.2, -0.15) is 11.8 Å². The van der Waals surface area contributed by atoms with E-state index in [9.17, 15) is 0 Å². The largest absolute Gasteiger partial charge is 0.379 e. The molecule has 6 nitrogen and oxygen atoms in total. The molecule has 1 aromatic rings. The van der Waals surface area contributed by atoms with Gasteiger partial charge < -0.3 is 19.7 Å². The Morgan fingerprint density at radius 1 is 1.23 bits per heavy atom. The van der Waals surface area contributed by atoms with Gasteiger partial charge in [-0.15, -0.1) is 0 Å². The predicted octanol–water partition coefficient (Wildman–Crippen LogP) is 2.54. The Morgan fingerprint density at radius 2 is 2.07 bits per heavy atom. The highest BCUT2D eigenvalue weighted by Gasteiger charge is 2.41. The summed E-state index contributed by atoms with van der Waals surface area (Å²) >= 11 is 2.07. The molecule has 0 bridgehead atoms. The number of benzene rings is 1. The van der Waals surface area contributed by atoms with Crippen molar-refractivity contribution in [3.05, 3.63) is 35.4 Å². The first-order chi connectivity index (χ1) is 14.7. The normalized spacial score (nSPS) is 28.7. The molecule has 0 aliphatic carbocycles. The summed E-state index contributed by atoms with van der Waals surface area (Å²) in [5.41, 5.74) is 2.76. The first-order valence-electron chi connectivity index (χ1n) is 11.3. The van der Waals surface area contributed by atoms with E-state index in [4.69, 9.17) is 14.5 Å². The Morgan fingerprint density at radius 3 is 2.80 bits per heavy atom. The average molecular weight is 433 g/mol. The van der Waals surface area contributed by atoms with Crippen LogP contribution in [0.15, 0.2) is 29.3 Å². The van der Waals surface area contributed by atoms with Crippen LogP contribution in [-0.4, -0.2) is 91.9 Å². The molecule has 0 spiro atoms. The fourth-order valence-electron chi connectivity index (χ4n) is 4.73. The summed E-state index contributed by atoms with van der Waals surface area (Å²) in [5.74, 6) is 3.44. The number of hydrogen-bond donors (Lipinski definition) is 1. The first-order valence-corrected chi connectivity index (χ1v) is 12.5. The van der Waals surface area contributed by atoms with Gasteiger partial charge in [-0.1, -0.05) is 24.3 Å². The van der Waals surface area contributed by atoms with Crippen LogP contribution in [0.4, 0.5) is 0 Å². The number of thioether (sulfide) groups is 1. The number of aliphatic imine (C=N–C) groups is 1. The summed E-state index contributed by atoms with van der Waals surface area (Å²) in [5, 5.41) is 3.55. The van der Waals surface area contributed by atoms with E-state index >= 15 is 0 Å². The molecule has 4 rings (SSSR count). The topological polar surface area (TPSA) is 49.3 Å². The third kappa shape index (κ3) is 4.96. The molecule has 0 radical (unpaired) electrons. The second-order valence-electron chi connectivity index (χ2n) is 8.46. The monoisotopic (exact) mass is 432 g/mol. The number of aryl methyl sites for hydroxylation is 1. The summed E-state index contributed by atoms with van der Waals surface area (Å²) < 4.78 is 11.8. The van der Waals surface area contributed by atoms with Crippen molar-refractivity contribution >= 4 is 17.7 Å². The molecule has 3 aliphatic rings. The van der Waals surface area contributed by atoms with Crippen molar-refractivity contribution in [1.82, 2.24) is 15.1 Å². The number of rotatable bonds is 5. The lowest BCUT2D eigenvalue weighted by Gasteiger charge is -2.42. The van der Waals surface area contributed by atoms with Crippen molar-refractivity contribution < 1.29 is 9.47 Å². The Kier molecular flexibility index (Phi) is 7.57. The number of hydrogen-bond acceptors (Lipinski definition) is 5.